The van der Waals surface area contributed by atoms with Gasteiger partial charge in [0.05, 0.1) is 11.9 Å². The minimum atomic E-state index is 0.189. The molecular weight excluding hydrogens is 154 g/mol. The fourth-order valence-corrected chi connectivity index (χ4v) is 0.940. The van der Waals surface area contributed by atoms with Gasteiger partial charge in [-0.25, -0.2) is 4.98 Å². The van der Waals surface area contributed by atoms with Crippen LogP contribution in [0.15, 0.2) is 24.7 Å². The molecule has 0 radical (unpaired) electrons. The van der Waals surface area contributed by atoms with Crippen LogP contribution in [0.3, 0.4) is 0 Å². The topological polar surface area (TPSA) is 80.5 Å². The molecule has 0 amide bonds. The highest BCUT2D eigenvalue weighted by atomic mass is 15.2. The molecule has 0 aliphatic heterocycles. The Morgan fingerprint density at radius 3 is 3.00 bits per heavy atom. The predicted octanol–water partition coefficient (Wildman–Crippen LogP) is 0.449. The van der Waals surface area contributed by atoms with Crippen molar-refractivity contribution in [3.05, 3.63) is 24.7 Å². The van der Waals surface area contributed by atoms with Gasteiger partial charge in [0, 0.05) is 18.0 Å². The summed E-state index contributed by atoms with van der Waals surface area (Å²) in [6, 6.07) is 1.89. The molecule has 0 unspecified atom stereocenters. The minimum absolute atomic E-state index is 0.189. The maximum atomic E-state index is 5.37. The van der Waals surface area contributed by atoms with E-state index in [1.165, 1.54) is 0 Å². The summed E-state index contributed by atoms with van der Waals surface area (Å²) < 4.78 is 0. The molecule has 0 aliphatic carbocycles. The summed E-state index contributed by atoms with van der Waals surface area (Å²) in [6.07, 6.45) is 5.20. The SMILES string of the molecule is Nc1nncc(-c2cc[nH]c2)n1. The van der Waals surface area contributed by atoms with Gasteiger partial charge in [0.1, 0.15) is 0 Å². The zero-order valence-corrected chi connectivity index (χ0v) is 6.23. The van der Waals surface area contributed by atoms with E-state index < -0.39 is 0 Å². The summed E-state index contributed by atoms with van der Waals surface area (Å²) in [5.41, 5.74) is 7.05. The van der Waals surface area contributed by atoms with Crippen LogP contribution in [0, 0.1) is 0 Å². The molecule has 3 N–H and O–H groups in total. The number of anilines is 1. The first kappa shape index (κ1) is 6.78. The first-order valence-electron chi connectivity index (χ1n) is 3.44. The average molecular weight is 161 g/mol. The highest BCUT2D eigenvalue weighted by molar-refractivity contribution is 5.57. The monoisotopic (exact) mass is 161 g/mol. The molecule has 0 atom stereocenters. The average Bonchev–Trinajstić information content (AvgIpc) is 2.56. The normalized spacial score (nSPS) is 10.0. The lowest BCUT2D eigenvalue weighted by atomic mass is 10.3. The third-order valence-corrected chi connectivity index (χ3v) is 1.47. The smallest absolute Gasteiger partial charge is 0.240 e. The van der Waals surface area contributed by atoms with E-state index in [2.05, 4.69) is 20.2 Å². The molecule has 2 aromatic heterocycles. The van der Waals surface area contributed by atoms with Crippen molar-refractivity contribution in [1.29, 1.82) is 0 Å². The fourth-order valence-electron chi connectivity index (χ4n) is 0.940. The number of nitrogens with two attached hydrogens (primary N) is 1. The third-order valence-electron chi connectivity index (χ3n) is 1.47. The number of nitrogens with zero attached hydrogens (tertiary/aromatic N) is 3. The summed E-state index contributed by atoms with van der Waals surface area (Å²) in [7, 11) is 0. The first-order valence-corrected chi connectivity index (χ1v) is 3.44. The zero-order valence-electron chi connectivity index (χ0n) is 6.23. The van der Waals surface area contributed by atoms with E-state index in [-0.39, 0.29) is 5.95 Å². The lowest BCUT2D eigenvalue weighted by molar-refractivity contribution is 0.990. The second-order valence-electron chi connectivity index (χ2n) is 2.30. The van der Waals surface area contributed by atoms with Crippen molar-refractivity contribution in [2.24, 2.45) is 0 Å². The fraction of sp³-hybridized carbons (Fsp3) is 0. The highest BCUT2D eigenvalue weighted by Gasteiger charge is 1.99. The van der Waals surface area contributed by atoms with E-state index >= 15 is 0 Å². The minimum Gasteiger partial charge on any atom is -0.367 e. The number of hydrogen-bond donors (Lipinski definition) is 2. The maximum Gasteiger partial charge on any atom is 0.240 e. The van der Waals surface area contributed by atoms with Crippen LogP contribution >= 0.6 is 0 Å². The number of aromatic nitrogens is 4. The number of aromatic amines is 1. The van der Waals surface area contributed by atoms with E-state index in [1.54, 1.807) is 6.20 Å². The first-order chi connectivity index (χ1) is 5.86. The van der Waals surface area contributed by atoms with Gasteiger partial charge in [-0.2, -0.15) is 5.10 Å². The van der Waals surface area contributed by atoms with Crippen LogP contribution in [0.4, 0.5) is 5.95 Å². The largest absolute Gasteiger partial charge is 0.367 e. The van der Waals surface area contributed by atoms with Crippen molar-refractivity contribution >= 4 is 5.95 Å². The van der Waals surface area contributed by atoms with Crippen LogP contribution in [0.1, 0.15) is 0 Å². The van der Waals surface area contributed by atoms with Crippen molar-refractivity contribution in [3.8, 4) is 11.3 Å². The van der Waals surface area contributed by atoms with Crippen LogP contribution in [0.2, 0.25) is 0 Å². The van der Waals surface area contributed by atoms with Gasteiger partial charge in [-0.3, -0.25) is 0 Å². The van der Waals surface area contributed by atoms with Gasteiger partial charge < -0.3 is 10.7 Å². The molecule has 5 heteroatoms. The molecule has 0 bridgehead atoms. The number of H-pyrrole nitrogens is 1. The Labute approximate surface area is 68.7 Å². The second-order valence-corrected chi connectivity index (χ2v) is 2.30. The van der Waals surface area contributed by atoms with Crippen molar-refractivity contribution in [3.63, 3.8) is 0 Å². The molecule has 0 saturated carbocycles. The lowest BCUT2D eigenvalue weighted by Gasteiger charge is -1.94. The quantitative estimate of drug-likeness (QED) is 0.636. The second kappa shape index (κ2) is 2.61. The summed E-state index contributed by atoms with van der Waals surface area (Å²) in [5.74, 6) is 0.189. The van der Waals surface area contributed by atoms with Crippen LogP contribution in [0.5, 0.6) is 0 Å². The summed E-state index contributed by atoms with van der Waals surface area (Å²) in [5, 5.41) is 7.24. The molecule has 5 nitrogen and oxygen atoms in total. The molecule has 0 aromatic carbocycles. The van der Waals surface area contributed by atoms with Gasteiger partial charge in [-0.05, 0) is 6.07 Å². The van der Waals surface area contributed by atoms with Crippen molar-refractivity contribution < 1.29 is 0 Å². The molecule has 2 rings (SSSR count). The van der Waals surface area contributed by atoms with Crippen LogP contribution in [0.25, 0.3) is 11.3 Å². The standard InChI is InChI=1S/C7H7N5/c8-7-11-6(4-10-12-7)5-1-2-9-3-5/h1-4,9H,(H2,8,11,12). The molecular formula is C7H7N5. The summed E-state index contributed by atoms with van der Waals surface area (Å²) >= 11 is 0. The van der Waals surface area contributed by atoms with E-state index in [0.717, 1.165) is 11.3 Å². The van der Waals surface area contributed by atoms with Gasteiger partial charge >= 0.3 is 0 Å². The molecule has 0 fully saturated rings. The third kappa shape index (κ3) is 1.12. The molecule has 2 heterocycles. The van der Waals surface area contributed by atoms with E-state index in [4.69, 9.17) is 5.73 Å². The molecule has 60 valence electrons. The summed E-state index contributed by atoms with van der Waals surface area (Å²) in [6.45, 7) is 0. The van der Waals surface area contributed by atoms with Gasteiger partial charge in [-0.1, -0.05) is 0 Å². The Bertz CT molecular complexity index is 367. The van der Waals surface area contributed by atoms with Crippen LogP contribution in [-0.2, 0) is 0 Å². The number of nitrogen functional groups attached to an aromatic ring is 1. The molecule has 2 aromatic rings. The van der Waals surface area contributed by atoms with Gasteiger partial charge in [0.15, 0.2) is 0 Å². The Balaban J connectivity index is 2.48. The molecule has 0 aliphatic rings. The van der Waals surface area contributed by atoms with Crippen molar-refractivity contribution in [2.45, 2.75) is 0 Å². The molecule has 0 spiro atoms. The zero-order chi connectivity index (χ0) is 8.39. The van der Waals surface area contributed by atoms with Gasteiger partial charge in [0.25, 0.3) is 0 Å². The van der Waals surface area contributed by atoms with E-state index in [9.17, 15) is 0 Å². The van der Waals surface area contributed by atoms with E-state index in [1.807, 2.05) is 18.5 Å². The maximum absolute atomic E-state index is 5.37. The predicted molar refractivity (Wildman–Crippen MR) is 44.0 cm³/mol. The summed E-state index contributed by atoms with van der Waals surface area (Å²) in [4.78, 5) is 6.92. The Hall–Kier alpha value is -1.91. The lowest BCUT2D eigenvalue weighted by Crippen LogP contribution is -1.97. The Kier molecular flexibility index (Phi) is 1.48. The van der Waals surface area contributed by atoms with E-state index in [0.29, 0.717) is 0 Å². The van der Waals surface area contributed by atoms with Crippen molar-refractivity contribution in [1.82, 2.24) is 20.2 Å². The Morgan fingerprint density at radius 1 is 1.42 bits per heavy atom. The van der Waals surface area contributed by atoms with Crippen LogP contribution < -0.4 is 5.73 Å². The van der Waals surface area contributed by atoms with Crippen molar-refractivity contribution in [2.75, 3.05) is 5.73 Å². The number of rotatable bonds is 1. The number of nitrogens with one attached hydrogen (secondary N) is 1. The van der Waals surface area contributed by atoms with Gasteiger partial charge in [-0.15, -0.1) is 5.10 Å². The highest BCUT2D eigenvalue weighted by Crippen LogP contribution is 2.13. The number of hydrogen-bond acceptors (Lipinski definition) is 4. The van der Waals surface area contributed by atoms with Gasteiger partial charge in [0.2, 0.25) is 5.95 Å². The van der Waals surface area contributed by atoms with Crippen LogP contribution in [-0.4, -0.2) is 20.2 Å². The molecule has 12 heavy (non-hydrogen) atoms. The Morgan fingerprint density at radius 2 is 2.33 bits per heavy atom. The molecule has 0 saturated heterocycles.